The number of hydrogen-bond donors (Lipinski definition) is 0. The lowest BCUT2D eigenvalue weighted by Gasteiger charge is -2.09. The highest BCUT2D eigenvalue weighted by Gasteiger charge is 2.00. The SMILES string of the molecule is CCCC(C)CCCCCCCCCCCCCCCCC(=O)OC. The molecule has 0 rings (SSSR count). The Balaban J connectivity index is 3.06. The summed E-state index contributed by atoms with van der Waals surface area (Å²) >= 11 is 0. The minimum Gasteiger partial charge on any atom is -0.469 e. The molecule has 150 valence electrons. The molecule has 0 aliphatic rings. The molecule has 0 spiro atoms. The summed E-state index contributed by atoms with van der Waals surface area (Å²) < 4.78 is 4.65. The normalized spacial score (nSPS) is 12.3. The molecule has 0 amide bonds. The Bertz CT molecular complexity index is 275. The van der Waals surface area contributed by atoms with Crippen LogP contribution in [0.4, 0.5) is 0 Å². The molecule has 0 radical (unpaired) electrons. The van der Waals surface area contributed by atoms with Crippen molar-refractivity contribution in [3.05, 3.63) is 0 Å². The Hall–Kier alpha value is -0.530. The molecule has 0 aliphatic carbocycles. The largest absolute Gasteiger partial charge is 0.469 e. The van der Waals surface area contributed by atoms with Crippen molar-refractivity contribution in [2.75, 3.05) is 7.11 Å². The van der Waals surface area contributed by atoms with Crippen LogP contribution in [0, 0.1) is 5.92 Å². The molecule has 1 atom stereocenters. The van der Waals surface area contributed by atoms with Crippen molar-refractivity contribution in [2.24, 2.45) is 5.92 Å². The summed E-state index contributed by atoms with van der Waals surface area (Å²) in [5.41, 5.74) is 0. The minimum absolute atomic E-state index is 0.0638. The van der Waals surface area contributed by atoms with Crippen molar-refractivity contribution in [1.82, 2.24) is 0 Å². The van der Waals surface area contributed by atoms with E-state index in [-0.39, 0.29) is 5.97 Å². The molecule has 0 saturated carbocycles. The van der Waals surface area contributed by atoms with Gasteiger partial charge in [-0.1, -0.05) is 117 Å². The lowest BCUT2D eigenvalue weighted by atomic mass is 9.98. The fourth-order valence-electron chi connectivity index (χ4n) is 3.62. The van der Waals surface area contributed by atoms with Crippen molar-refractivity contribution < 1.29 is 9.53 Å². The van der Waals surface area contributed by atoms with Gasteiger partial charge in [-0.05, 0) is 12.3 Å². The van der Waals surface area contributed by atoms with E-state index in [9.17, 15) is 4.79 Å². The van der Waals surface area contributed by atoms with Gasteiger partial charge in [-0.2, -0.15) is 0 Å². The molecule has 0 saturated heterocycles. The highest BCUT2D eigenvalue weighted by molar-refractivity contribution is 5.68. The van der Waals surface area contributed by atoms with Crippen LogP contribution in [0.3, 0.4) is 0 Å². The second-order valence-corrected chi connectivity index (χ2v) is 7.96. The summed E-state index contributed by atoms with van der Waals surface area (Å²) in [5.74, 6) is 0.879. The first-order chi connectivity index (χ1) is 12.2. The quantitative estimate of drug-likeness (QED) is 0.174. The number of esters is 1. The molecule has 2 heteroatoms. The van der Waals surface area contributed by atoms with Crippen LogP contribution in [0.1, 0.15) is 129 Å². The molecule has 0 aromatic carbocycles. The lowest BCUT2D eigenvalue weighted by Crippen LogP contribution is -1.99. The summed E-state index contributed by atoms with van der Waals surface area (Å²) in [6.45, 7) is 4.70. The Morgan fingerprint density at radius 3 is 1.48 bits per heavy atom. The molecule has 25 heavy (non-hydrogen) atoms. The molecule has 0 aliphatic heterocycles. The van der Waals surface area contributed by atoms with Gasteiger partial charge < -0.3 is 4.74 Å². The molecule has 0 heterocycles. The van der Waals surface area contributed by atoms with Crippen molar-refractivity contribution >= 4 is 5.97 Å². The summed E-state index contributed by atoms with van der Waals surface area (Å²) in [4.78, 5) is 11.0. The van der Waals surface area contributed by atoms with Gasteiger partial charge in [0.15, 0.2) is 0 Å². The van der Waals surface area contributed by atoms with Gasteiger partial charge >= 0.3 is 5.97 Å². The van der Waals surface area contributed by atoms with E-state index in [0.29, 0.717) is 6.42 Å². The monoisotopic (exact) mass is 354 g/mol. The topological polar surface area (TPSA) is 26.3 Å². The third kappa shape index (κ3) is 19.6. The molecule has 0 fully saturated rings. The summed E-state index contributed by atoms with van der Waals surface area (Å²) in [6.07, 6.45) is 23.8. The minimum atomic E-state index is -0.0638. The first kappa shape index (κ1) is 24.5. The van der Waals surface area contributed by atoms with E-state index in [0.717, 1.165) is 12.3 Å². The number of unbranched alkanes of at least 4 members (excludes halogenated alkanes) is 13. The lowest BCUT2D eigenvalue weighted by molar-refractivity contribution is -0.140. The summed E-state index contributed by atoms with van der Waals surface area (Å²) in [5, 5.41) is 0. The zero-order valence-electron chi connectivity index (χ0n) is 17.6. The van der Waals surface area contributed by atoms with E-state index < -0.39 is 0 Å². The summed E-state index contributed by atoms with van der Waals surface area (Å²) in [7, 11) is 1.47. The van der Waals surface area contributed by atoms with Gasteiger partial charge in [0, 0.05) is 6.42 Å². The Labute approximate surface area is 158 Å². The van der Waals surface area contributed by atoms with E-state index in [1.54, 1.807) is 0 Å². The number of hydrogen-bond acceptors (Lipinski definition) is 2. The maximum atomic E-state index is 11.0. The second kappa shape index (κ2) is 19.8. The highest BCUT2D eigenvalue weighted by atomic mass is 16.5. The van der Waals surface area contributed by atoms with E-state index in [1.165, 1.54) is 110 Å². The fourth-order valence-corrected chi connectivity index (χ4v) is 3.62. The maximum absolute atomic E-state index is 11.0. The van der Waals surface area contributed by atoms with Gasteiger partial charge in [0.05, 0.1) is 7.11 Å². The number of carbonyl (C=O) groups excluding carboxylic acids is 1. The van der Waals surface area contributed by atoms with E-state index in [2.05, 4.69) is 18.6 Å². The van der Waals surface area contributed by atoms with Crippen LogP contribution in [0.2, 0.25) is 0 Å². The second-order valence-electron chi connectivity index (χ2n) is 7.96. The highest BCUT2D eigenvalue weighted by Crippen LogP contribution is 2.17. The van der Waals surface area contributed by atoms with Gasteiger partial charge in [-0.25, -0.2) is 0 Å². The third-order valence-electron chi connectivity index (χ3n) is 5.34. The number of carbonyl (C=O) groups is 1. The first-order valence-corrected chi connectivity index (χ1v) is 11.3. The number of rotatable bonds is 19. The Morgan fingerprint density at radius 1 is 0.680 bits per heavy atom. The Morgan fingerprint density at radius 2 is 1.08 bits per heavy atom. The maximum Gasteiger partial charge on any atom is 0.305 e. The van der Waals surface area contributed by atoms with Crippen LogP contribution in [0.25, 0.3) is 0 Å². The van der Waals surface area contributed by atoms with Crippen LogP contribution in [-0.2, 0) is 9.53 Å². The molecule has 2 nitrogen and oxygen atoms in total. The smallest absolute Gasteiger partial charge is 0.305 e. The van der Waals surface area contributed by atoms with Gasteiger partial charge in [0.25, 0.3) is 0 Å². The van der Waals surface area contributed by atoms with Crippen LogP contribution in [-0.4, -0.2) is 13.1 Å². The fraction of sp³-hybridized carbons (Fsp3) is 0.957. The molecular formula is C23H46O2. The van der Waals surface area contributed by atoms with Gasteiger partial charge in [0.1, 0.15) is 0 Å². The predicted molar refractivity (Wildman–Crippen MR) is 110 cm³/mol. The average molecular weight is 355 g/mol. The van der Waals surface area contributed by atoms with E-state index in [4.69, 9.17) is 0 Å². The van der Waals surface area contributed by atoms with E-state index in [1.807, 2.05) is 0 Å². The van der Waals surface area contributed by atoms with Crippen molar-refractivity contribution in [2.45, 2.75) is 129 Å². The van der Waals surface area contributed by atoms with Crippen LogP contribution < -0.4 is 0 Å². The Kier molecular flexibility index (Phi) is 19.4. The van der Waals surface area contributed by atoms with Crippen LogP contribution in [0.15, 0.2) is 0 Å². The van der Waals surface area contributed by atoms with Crippen molar-refractivity contribution in [1.29, 1.82) is 0 Å². The molecule has 0 bridgehead atoms. The predicted octanol–water partition coefficient (Wildman–Crippen LogP) is 7.84. The molecule has 0 aromatic rings. The van der Waals surface area contributed by atoms with Gasteiger partial charge in [-0.3, -0.25) is 4.79 Å². The number of ether oxygens (including phenoxy) is 1. The zero-order valence-corrected chi connectivity index (χ0v) is 17.6. The zero-order chi connectivity index (χ0) is 18.6. The van der Waals surface area contributed by atoms with Crippen molar-refractivity contribution in [3.8, 4) is 0 Å². The van der Waals surface area contributed by atoms with Gasteiger partial charge in [0.2, 0.25) is 0 Å². The average Bonchev–Trinajstić information content (AvgIpc) is 2.61. The molecule has 0 aromatic heterocycles. The molecule has 0 N–H and O–H groups in total. The van der Waals surface area contributed by atoms with Gasteiger partial charge in [-0.15, -0.1) is 0 Å². The molecule has 1 unspecified atom stereocenters. The summed E-state index contributed by atoms with van der Waals surface area (Å²) in [6, 6.07) is 0. The van der Waals surface area contributed by atoms with Crippen LogP contribution >= 0.6 is 0 Å². The molecular weight excluding hydrogens is 308 g/mol. The third-order valence-corrected chi connectivity index (χ3v) is 5.34. The first-order valence-electron chi connectivity index (χ1n) is 11.3. The van der Waals surface area contributed by atoms with E-state index >= 15 is 0 Å². The van der Waals surface area contributed by atoms with Crippen molar-refractivity contribution in [3.63, 3.8) is 0 Å². The number of methoxy groups -OCH3 is 1. The van der Waals surface area contributed by atoms with Crippen LogP contribution in [0.5, 0.6) is 0 Å². The standard InChI is InChI=1S/C23H46O2/c1-4-19-22(2)20-17-15-13-11-9-7-5-6-8-10-12-14-16-18-21-23(24)25-3/h22H,4-21H2,1-3H3.